The fourth-order valence-corrected chi connectivity index (χ4v) is 3.76. The zero-order valence-corrected chi connectivity index (χ0v) is 15.3. The summed E-state index contributed by atoms with van der Waals surface area (Å²) in [5.74, 6) is 0. The van der Waals surface area contributed by atoms with E-state index in [4.69, 9.17) is 11.6 Å². The molecule has 2 aromatic heterocycles. The third-order valence-corrected chi connectivity index (χ3v) is 5.03. The molecule has 0 fully saturated rings. The average molecular weight is 370 g/mol. The fourth-order valence-electron chi connectivity index (χ4n) is 3.55. The molecule has 3 aromatic carbocycles. The zero-order valence-electron chi connectivity index (χ0n) is 14.5. The van der Waals surface area contributed by atoms with Crippen LogP contribution in [0.4, 0.5) is 0 Å². The van der Waals surface area contributed by atoms with E-state index in [1.165, 1.54) is 16.5 Å². The van der Waals surface area contributed by atoms with Gasteiger partial charge in [0.15, 0.2) is 0 Å². The van der Waals surface area contributed by atoms with Crippen LogP contribution in [0.3, 0.4) is 0 Å². The quantitative estimate of drug-likeness (QED) is 0.393. The second-order valence-electron chi connectivity index (χ2n) is 6.58. The van der Waals surface area contributed by atoms with E-state index in [0.717, 1.165) is 28.7 Å². The van der Waals surface area contributed by atoms with Crippen LogP contribution in [0, 0.1) is 0 Å². The van der Waals surface area contributed by atoms with Crippen LogP contribution in [0.2, 0.25) is 5.02 Å². The van der Waals surface area contributed by atoms with Gasteiger partial charge in [0.1, 0.15) is 0 Å². The molecule has 2 heterocycles. The van der Waals surface area contributed by atoms with Crippen molar-refractivity contribution in [2.45, 2.75) is 6.54 Å². The Kier molecular flexibility index (Phi) is 3.88. The molecule has 0 saturated carbocycles. The summed E-state index contributed by atoms with van der Waals surface area (Å²) in [5.41, 5.74) is 6.26. The van der Waals surface area contributed by atoms with Crippen molar-refractivity contribution >= 4 is 33.5 Å². The maximum Gasteiger partial charge on any atom is 0.0966 e. The van der Waals surface area contributed by atoms with E-state index < -0.39 is 0 Å². The van der Waals surface area contributed by atoms with Gasteiger partial charge in [-0.15, -0.1) is 0 Å². The van der Waals surface area contributed by atoms with E-state index in [1.807, 2.05) is 18.2 Å². The Morgan fingerprint density at radius 3 is 2.59 bits per heavy atom. The first-order valence-electron chi connectivity index (χ1n) is 8.81. The van der Waals surface area contributed by atoms with Gasteiger partial charge in [0, 0.05) is 46.6 Å². The first-order valence-corrected chi connectivity index (χ1v) is 9.19. The van der Waals surface area contributed by atoms with E-state index in [0.29, 0.717) is 5.02 Å². The van der Waals surface area contributed by atoms with E-state index in [2.05, 4.69) is 69.3 Å². The molecule has 0 aliphatic rings. The molecule has 0 atom stereocenters. The lowest BCUT2D eigenvalue weighted by atomic mass is 10.0. The van der Waals surface area contributed by atoms with Crippen molar-refractivity contribution in [3.05, 3.63) is 95.9 Å². The molecular formula is C23H16ClN3. The summed E-state index contributed by atoms with van der Waals surface area (Å²) in [6.45, 7) is 0.856. The Bertz CT molecular complexity index is 1260. The molecule has 0 unspecified atom stereocenters. The number of hydrogen-bond acceptors (Lipinski definition) is 2. The van der Waals surface area contributed by atoms with Crippen molar-refractivity contribution < 1.29 is 0 Å². The van der Waals surface area contributed by atoms with Gasteiger partial charge in [-0.25, -0.2) is 0 Å². The molecule has 0 radical (unpaired) electrons. The summed E-state index contributed by atoms with van der Waals surface area (Å²) in [6.07, 6.45) is 5.54. The second kappa shape index (κ2) is 6.53. The van der Waals surface area contributed by atoms with Gasteiger partial charge in [-0.2, -0.15) is 0 Å². The van der Waals surface area contributed by atoms with Crippen molar-refractivity contribution in [2.75, 3.05) is 0 Å². The number of hydrogen-bond donors (Lipinski definition) is 0. The minimum absolute atomic E-state index is 0.666. The molecule has 0 spiro atoms. The highest BCUT2D eigenvalue weighted by molar-refractivity contribution is 6.31. The topological polar surface area (TPSA) is 30.7 Å². The fraction of sp³-hybridized carbons (Fsp3) is 0.0435. The Hall–Kier alpha value is -3.17. The molecule has 0 N–H and O–H groups in total. The van der Waals surface area contributed by atoms with Crippen molar-refractivity contribution in [3.63, 3.8) is 0 Å². The van der Waals surface area contributed by atoms with Gasteiger partial charge in [0.25, 0.3) is 0 Å². The first kappa shape index (κ1) is 16.0. The largest absolute Gasteiger partial charge is 0.343 e. The van der Waals surface area contributed by atoms with Crippen LogP contribution in [0.15, 0.2) is 85.3 Å². The Morgan fingerprint density at radius 2 is 1.70 bits per heavy atom. The highest BCUT2D eigenvalue weighted by Gasteiger charge is 2.10. The number of benzene rings is 3. The van der Waals surface area contributed by atoms with Gasteiger partial charge < -0.3 is 4.57 Å². The molecular weight excluding hydrogens is 354 g/mol. The van der Waals surface area contributed by atoms with Gasteiger partial charge in [0.05, 0.1) is 11.0 Å². The lowest BCUT2D eigenvalue weighted by Crippen LogP contribution is -1.97. The van der Waals surface area contributed by atoms with Gasteiger partial charge in [-0.05, 0) is 41.5 Å². The number of nitrogens with zero attached hydrogens (tertiary/aromatic N) is 3. The molecule has 27 heavy (non-hydrogen) atoms. The Morgan fingerprint density at radius 1 is 0.852 bits per heavy atom. The van der Waals surface area contributed by atoms with Gasteiger partial charge in [-0.3, -0.25) is 9.97 Å². The van der Waals surface area contributed by atoms with E-state index in [9.17, 15) is 0 Å². The lowest BCUT2D eigenvalue weighted by molar-refractivity contribution is 0.837. The molecule has 0 aliphatic heterocycles. The highest BCUT2D eigenvalue weighted by atomic mass is 35.5. The number of halogens is 1. The van der Waals surface area contributed by atoms with Crippen LogP contribution in [0.5, 0.6) is 0 Å². The number of aromatic nitrogens is 3. The van der Waals surface area contributed by atoms with E-state index >= 15 is 0 Å². The van der Waals surface area contributed by atoms with Crippen LogP contribution in [-0.2, 0) is 6.54 Å². The monoisotopic (exact) mass is 369 g/mol. The van der Waals surface area contributed by atoms with Crippen LogP contribution in [0.25, 0.3) is 33.1 Å². The first-order chi connectivity index (χ1) is 13.3. The standard InChI is InChI=1S/C23H16ClN3/c24-19-13-20(23-21(14-19)25-9-10-26-23)17-6-7-22-18(12-17)8-11-27(22)15-16-4-2-1-3-5-16/h1-14H,15H2. The smallest absolute Gasteiger partial charge is 0.0966 e. The molecule has 0 saturated heterocycles. The molecule has 5 rings (SSSR count). The third-order valence-electron chi connectivity index (χ3n) is 4.82. The summed E-state index contributed by atoms with van der Waals surface area (Å²) in [5, 5.41) is 1.86. The van der Waals surface area contributed by atoms with Crippen molar-refractivity contribution in [2.24, 2.45) is 0 Å². The lowest BCUT2D eigenvalue weighted by Gasteiger charge is -2.09. The zero-order chi connectivity index (χ0) is 18.2. The van der Waals surface area contributed by atoms with E-state index in [-0.39, 0.29) is 0 Å². The molecule has 4 heteroatoms. The summed E-state index contributed by atoms with van der Waals surface area (Å²) in [4.78, 5) is 8.90. The van der Waals surface area contributed by atoms with Gasteiger partial charge in [-0.1, -0.05) is 48.0 Å². The molecule has 0 aliphatic carbocycles. The molecule has 130 valence electrons. The second-order valence-corrected chi connectivity index (χ2v) is 7.02. The average Bonchev–Trinajstić information content (AvgIpc) is 3.10. The Balaban J connectivity index is 1.61. The predicted molar refractivity (Wildman–Crippen MR) is 111 cm³/mol. The van der Waals surface area contributed by atoms with Gasteiger partial charge >= 0.3 is 0 Å². The van der Waals surface area contributed by atoms with Gasteiger partial charge in [0.2, 0.25) is 0 Å². The number of rotatable bonds is 3. The van der Waals surface area contributed by atoms with Crippen LogP contribution in [0.1, 0.15) is 5.56 Å². The molecule has 0 amide bonds. The van der Waals surface area contributed by atoms with Crippen LogP contribution in [-0.4, -0.2) is 14.5 Å². The normalized spacial score (nSPS) is 11.3. The third kappa shape index (κ3) is 2.96. The predicted octanol–water partition coefficient (Wildman–Crippen LogP) is 5.95. The van der Waals surface area contributed by atoms with E-state index in [1.54, 1.807) is 12.4 Å². The Labute approximate surface area is 161 Å². The van der Waals surface area contributed by atoms with Crippen molar-refractivity contribution in [3.8, 4) is 11.1 Å². The van der Waals surface area contributed by atoms with Crippen LogP contribution >= 0.6 is 11.6 Å². The van der Waals surface area contributed by atoms with Crippen molar-refractivity contribution in [1.82, 2.24) is 14.5 Å². The maximum atomic E-state index is 6.31. The summed E-state index contributed by atoms with van der Waals surface area (Å²) in [7, 11) is 0. The minimum Gasteiger partial charge on any atom is -0.343 e. The minimum atomic E-state index is 0.666. The number of fused-ring (bicyclic) bond motifs is 2. The molecule has 0 bridgehead atoms. The summed E-state index contributed by atoms with van der Waals surface area (Å²) >= 11 is 6.31. The van der Waals surface area contributed by atoms with Crippen LogP contribution < -0.4 is 0 Å². The highest BCUT2D eigenvalue weighted by Crippen LogP contribution is 2.32. The molecule has 5 aromatic rings. The van der Waals surface area contributed by atoms with Crippen molar-refractivity contribution in [1.29, 1.82) is 0 Å². The molecule has 3 nitrogen and oxygen atoms in total. The maximum absolute atomic E-state index is 6.31. The SMILES string of the molecule is Clc1cc(-c2ccc3c(ccn3Cc3ccccc3)c2)c2nccnc2c1. The summed E-state index contributed by atoms with van der Waals surface area (Å²) in [6, 6.07) is 22.9. The summed E-state index contributed by atoms with van der Waals surface area (Å²) < 4.78 is 2.27.